The number of hydrogen-bond donors (Lipinski definition) is 3. The summed E-state index contributed by atoms with van der Waals surface area (Å²) < 4.78 is 5.27. The molecule has 1 heterocycles. The van der Waals surface area contributed by atoms with E-state index in [0.29, 0.717) is 24.2 Å². The molecule has 2 rings (SSSR count). The smallest absolute Gasteiger partial charge is 0.257 e. The topological polar surface area (TPSA) is 104 Å². The number of aryl methyl sites for hydroxylation is 1. The van der Waals surface area contributed by atoms with Crippen molar-refractivity contribution in [1.82, 2.24) is 26.1 Å². The van der Waals surface area contributed by atoms with Crippen LogP contribution in [0.2, 0.25) is 0 Å². The van der Waals surface area contributed by atoms with Gasteiger partial charge in [-0.1, -0.05) is 24.2 Å². The molecule has 1 aromatic carbocycles. The molecular formula is C21H33IN6O2. The van der Waals surface area contributed by atoms with Gasteiger partial charge in [0.15, 0.2) is 11.8 Å². The van der Waals surface area contributed by atoms with Gasteiger partial charge in [-0.2, -0.15) is 4.98 Å². The van der Waals surface area contributed by atoms with E-state index in [-0.39, 0.29) is 42.0 Å². The van der Waals surface area contributed by atoms with Crippen molar-refractivity contribution in [3.05, 3.63) is 35.7 Å². The van der Waals surface area contributed by atoms with Crippen LogP contribution < -0.4 is 16.0 Å². The van der Waals surface area contributed by atoms with Crippen molar-refractivity contribution in [1.29, 1.82) is 0 Å². The zero-order chi connectivity index (χ0) is 21.3. The Bertz CT molecular complexity index is 812. The van der Waals surface area contributed by atoms with Crippen molar-refractivity contribution in [2.24, 2.45) is 4.99 Å². The SMILES string of the molecule is CCNC(=NCC(=O)NC(C)(C)C)NCCc1ccc(-c2nc(CC)no2)cc1.I. The highest BCUT2D eigenvalue weighted by Gasteiger charge is 2.13. The first-order valence-corrected chi connectivity index (χ1v) is 10.1. The molecule has 9 heteroatoms. The number of carbonyl (C=O) groups excluding carboxylic acids is 1. The molecule has 166 valence electrons. The van der Waals surface area contributed by atoms with Crippen LogP contribution in [0.5, 0.6) is 0 Å². The molecule has 8 nitrogen and oxygen atoms in total. The van der Waals surface area contributed by atoms with Gasteiger partial charge in [0.1, 0.15) is 6.54 Å². The summed E-state index contributed by atoms with van der Waals surface area (Å²) in [7, 11) is 0. The summed E-state index contributed by atoms with van der Waals surface area (Å²) in [6.45, 7) is 11.3. The van der Waals surface area contributed by atoms with Crippen LogP contribution in [0, 0.1) is 0 Å². The molecule has 0 aliphatic rings. The summed E-state index contributed by atoms with van der Waals surface area (Å²) in [5, 5.41) is 13.2. The predicted molar refractivity (Wildman–Crippen MR) is 130 cm³/mol. The molecule has 0 saturated heterocycles. The fraction of sp³-hybridized carbons (Fsp3) is 0.524. The standard InChI is InChI=1S/C21H32N6O2.HI/c1-6-17-25-19(29-27-17)16-10-8-15(9-11-16)12-13-23-20(22-7-2)24-14-18(28)26-21(3,4)5;/h8-11H,6-7,12-14H2,1-5H3,(H,26,28)(H2,22,23,24);1H. The molecule has 1 amide bonds. The maximum Gasteiger partial charge on any atom is 0.257 e. The summed E-state index contributed by atoms with van der Waals surface area (Å²) in [6.07, 6.45) is 1.57. The minimum atomic E-state index is -0.260. The molecular weight excluding hydrogens is 495 g/mol. The fourth-order valence-corrected chi connectivity index (χ4v) is 2.60. The Hall–Kier alpha value is -2.17. The Labute approximate surface area is 195 Å². The summed E-state index contributed by atoms with van der Waals surface area (Å²) >= 11 is 0. The summed E-state index contributed by atoms with van der Waals surface area (Å²) in [6, 6.07) is 8.07. The zero-order valence-corrected chi connectivity index (χ0v) is 20.7. The number of hydrogen-bond acceptors (Lipinski definition) is 5. The second-order valence-corrected chi connectivity index (χ2v) is 7.74. The molecule has 0 spiro atoms. The van der Waals surface area contributed by atoms with E-state index in [1.165, 1.54) is 5.56 Å². The maximum absolute atomic E-state index is 11.9. The van der Waals surface area contributed by atoms with Crippen LogP contribution in [0.1, 0.15) is 46.0 Å². The van der Waals surface area contributed by atoms with E-state index in [1.54, 1.807) is 0 Å². The molecule has 0 atom stereocenters. The van der Waals surface area contributed by atoms with Gasteiger partial charge < -0.3 is 20.5 Å². The van der Waals surface area contributed by atoms with E-state index >= 15 is 0 Å². The number of carbonyl (C=O) groups is 1. The number of benzene rings is 1. The average Bonchev–Trinajstić information content (AvgIpc) is 3.14. The van der Waals surface area contributed by atoms with Gasteiger partial charge in [0.2, 0.25) is 5.91 Å². The highest BCUT2D eigenvalue weighted by Crippen LogP contribution is 2.18. The van der Waals surface area contributed by atoms with Crippen LogP contribution in [0.15, 0.2) is 33.8 Å². The fourth-order valence-electron chi connectivity index (χ4n) is 2.60. The van der Waals surface area contributed by atoms with E-state index in [9.17, 15) is 4.79 Å². The Morgan fingerprint density at radius 3 is 2.40 bits per heavy atom. The number of guanidine groups is 1. The Kier molecular flexibility index (Phi) is 10.8. The molecule has 0 saturated carbocycles. The highest BCUT2D eigenvalue weighted by molar-refractivity contribution is 14.0. The van der Waals surface area contributed by atoms with Crippen molar-refractivity contribution in [3.8, 4) is 11.5 Å². The van der Waals surface area contributed by atoms with Crippen LogP contribution in [0.25, 0.3) is 11.5 Å². The van der Waals surface area contributed by atoms with Gasteiger partial charge in [-0.25, -0.2) is 4.99 Å². The third-order valence-corrected chi connectivity index (χ3v) is 3.93. The van der Waals surface area contributed by atoms with E-state index in [4.69, 9.17) is 4.52 Å². The number of nitrogens with one attached hydrogen (secondary N) is 3. The lowest BCUT2D eigenvalue weighted by Gasteiger charge is -2.20. The van der Waals surface area contributed by atoms with Crippen LogP contribution in [-0.4, -0.2) is 47.2 Å². The van der Waals surface area contributed by atoms with Crippen molar-refractivity contribution in [2.45, 2.75) is 53.0 Å². The first kappa shape index (κ1) is 25.9. The summed E-state index contributed by atoms with van der Waals surface area (Å²) in [4.78, 5) is 20.6. The van der Waals surface area contributed by atoms with Crippen LogP contribution in [-0.2, 0) is 17.6 Å². The number of aliphatic imine (C=N–C) groups is 1. The minimum Gasteiger partial charge on any atom is -0.357 e. The van der Waals surface area contributed by atoms with Crippen molar-refractivity contribution >= 4 is 35.8 Å². The Morgan fingerprint density at radius 2 is 1.83 bits per heavy atom. The van der Waals surface area contributed by atoms with Gasteiger partial charge in [-0.3, -0.25) is 4.79 Å². The molecule has 0 bridgehead atoms. The molecule has 2 aromatic rings. The van der Waals surface area contributed by atoms with Crippen LogP contribution >= 0.6 is 24.0 Å². The Morgan fingerprint density at radius 1 is 1.13 bits per heavy atom. The van der Waals surface area contributed by atoms with Gasteiger partial charge in [0.05, 0.1) is 0 Å². The number of halogens is 1. The lowest BCUT2D eigenvalue weighted by Crippen LogP contribution is -2.43. The monoisotopic (exact) mass is 528 g/mol. The molecule has 0 radical (unpaired) electrons. The predicted octanol–water partition coefficient (Wildman–Crippen LogP) is 2.93. The summed E-state index contributed by atoms with van der Waals surface area (Å²) in [5.41, 5.74) is 1.83. The van der Waals surface area contributed by atoms with Crippen molar-refractivity contribution in [2.75, 3.05) is 19.6 Å². The van der Waals surface area contributed by atoms with Gasteiger partial charge in [-0.05, 0) is 51.8 Å². The lowest BCUT2D eigenvalue weighted by molar-refractivity contribution is -0.121. The third kappa shape index (κ3) is 9.10. The molecule has 0 fully saturated rings. The molecule has 30 heavy (non-hydrogen) atoms. The summed E-state index contributed by atoms with van der Waals surface area (Å²) in [5.74, 6) is 1.78. The number of rotatable bonds is 8. The zero-order valence-electron chi connectivity index (χ0n) is 18.4. The van der Waals surface area contributed by atoms with E-state index in [1.807, 2.05) is 58.9 Å². The molecule has 0 aliphatic heterocycles. The third-order valence-electron chi connectivity index (χ3n) is 3.93. The van der Waals surface area contributed by atoms with Gasteiger partial charge in [0.25, 0.3) is 5.89 Å². The van der Waals surface area contributed by atoms with Crippen LogP contribution in [0.3, 0.4) is 0 Å². The van der Waals surface area contributed by atoms with Gasteiger partial charge in [-0.15, -0.1) is 24.0 Å². The molecule has 0 unspecified atom stereocenters. The first-order chi connectivity index (χ1) is 13.8. The van der Waals surface area contributed by atoms with E-state index in [2.05, 4.69) is 31.1 Å². The highest BCUT2D eigenvalue weighted by atomic mass is 127. The number of aromatic nitrogens is 2. The van der Waals surface area contributed by atoms with Gasteiger partial charge in [0, 0.05) is 30.6 Å². The average molecular weight is 528 g/mol. The van der Waals surface area contributed by atoms with Crippen molar-refractivity contribution < 1.29 is 9.32 Å². The second-order valence-electron chi connectivity index (χ2n) is 7.74. The lowest BCUT2D eigenvalue weighted by atomic mass is 10.1. The van der Waals surface area contributed by atoms with Crippen molar-refractivity contribution in [3.63, 3.8) is 0 Å². The van der Waals surface area contributed by atoms with Gasteiger partial charge >= 0.3 is 0 Å². The van der Waals surface area contributed by atoms with E-state index < -0.39 is 0 Å². The van der Waals surface area contributed by atoms with E-state index in [0.717, 1.165) is 24.9 Å². The molecule has 3 N–H and O–H groups in total. The first-order valence-electron chi connectivity index (χ1n) is 10.1. The normalized spacial score (nSPS) is 11.6. The molecule has 1 aromatic heterocycles. The number of amides is 1. The van der Waals surface area contributed by atoms with Crippen LogP contribution in [0.4, 0.5) is 0 Å². The minimum absolute atomic E-state index is 0. The molecule has 0 aliphatic carbocycles. The maximum atomic E-state index is 11.9. The second kappa shape index (κ2) is 12.5. The number of nitrogens with zero attached hydrogens (tertiary/aromatic N) is 3. The Balaban J connectivity index is 0.00000450. The largest absolute Gasteiger partial charge is 0.357 e. The quantitative estimate of drug-likeness (QED) is 0.277.